The number of nitrogens with two attached hydrogens (primary N) is 1. The van der Waals surface area contributed by atoms with Crippen LogP contribution in [-0.2, 0) is 0 Å². The molecule has 1 heterocycles. The Labute approximate surface area is 115 Å². The Balaban J connectivity index is 3.09. The summed E-state index contributed by atoms with van der Waals surface area (Å²) < 4.78 is 0. The molecule has 19 heavy (non-hydrogen) atoms. The Morgan fingerprint density at radius 1 is 1.21 bits per heavy atom. The van der Waals surface area contributed by atoms with E-state index in [1.807, 2.05) is 6.92 Å². The maximum Gasteiger partial charge on any atom is 0.226 e. The van der Waals surface area contributed by atoms with Crippen LogP contribution in [0.2, 0.25) is 0 Å². The third-order valence-corrected chi connectivity index (χ3v) is 2.57. The maximum absolute atomic E-state index is 7.52. The summed E-state index contributed by atoms with van der Waals surface area (Å²) in [7, 11) is 0. The van der Waals surface area contributed by atoms with Crippen LogP contribution in [0.5, 0.6) is 0 Å². The number of hydrogen-bond acceptors (Lipinski definition) is 4. The molecule has 0 bridgehead atoms. The van der Waals surface area contributed by atoms with Crippen LogP contribution in [0.15, 0.2) is 6.07 Å². The Bertz CT molecular complexity index is 429. The lowest BCUT2D eigenvalue weighted by Crippen LogP contribution is -2.33. The smallest absolute Gasteiger partial charge is 0.226 e. The zero-order chi connectivity index (χ0) is 14.6. The molecule has 3 N–H and O–H groups in total. The van der Waals surface area contributed by atoms with Gasteiger partial charge in [-0.15, -0.1) is 0 Å². The van der Waals surface area contributed by atoms with Gasteiger partial charge in [-0.3, -0.25) is 5.41 Å². The molecule has 1 aromatic heterocycles. The molecule has 0 aromatic carbocycles. The molecule has 0 spiro atoms. The summed E-state index contributed by atoms with van der Waals surface area (Å²) in [4.78, 5) is 11.1. The fraction of sp³-hybridized carbons (Fsp3) is 0.643. The highest BCUT2D eigenvalue weighted by molar-refractivity contribution is 5.93. The molecule has 0 aliphatic rings. The van der Waals surface area contributed by atoms with Gasteiger partial charge in [0.25, 0.3) is 0 Å². The van der Waals surface area contributed by atoms with E-state index < -0.39 is 0 Å². The van der Waals surface area contributed by atoms with E-state index in [4.69, 9.17) is 11.1 Å². The first kappa shape index (κ1) is 15.4. The van der Waals surface area contributed by atoms with E-state index in [-0.39, 0.29) is 5.84 Å². The molecular weight excluding hydrogens is 238 g/mol. The van der Waals surface area contributed by atoms with Gasteiger partial charge in [-0.1, -0.05) is 27.7 Å². The van der Waals surface area contributed by atoms with Crippen LogP contribution in [0.1, 0.15) is 39.1 Å². The highest BCUT2D eigenvalue weighted by atomic mass is 15.3. The van der Waals surface area contributed by atoms with E-state index in [0.29, 0.717) is 23.5 Å². The second kappa shape index (κ2) is 6.50. The number of anilines is 1. The topological polar surface area (TPSA) is 78.9 Å². The van der Waals surface area contributed by atoms with Crippen molar-refractivity contribution in [2.24, 2.45) is 17.6 Å². The van der Waals surface area contributed by atoms with Gasteiger partial charge in [-0.2, -0.15) is 0 Å². The number of nitrogens with zero attached hydrogens (tertiary/aromatic N) is 3. The van der Waals surface area contributed by atoms with Crippen LogP contribution in [0, 0.1) is 24.2 Å². The van der Waals surface area contributed by atoms with Crippen molar-refractivity contribution in [1.82, 2.24) is 9.97 Å². The third kappa shape index (κ3) is 4.85. The van der Waals surface area contributed by atoms with Crippen molar-refractivity contribution in [3.8, 4) is 0 Å². The fourth-order valence-electron chi connectivity index (χ4n) is 1.95. The van der Waals surface area contributed by atoms with Crippen LogP contribution < -0.4 is 10.6 Å². The molecule has 0 aliphatic heterocycles. The SMILES string of the molecule is Cc1cc(C(=N)N)nc(N(CC(C)C)CC(C)C)n1. The lowest BCUT2D eigenvalue weighted by atomic mass is 10.1. The van der Waals surface area contributed by atoms with Crippen molar-refractivity contribution < 1.29 is 0 Å². The highest BCUT2D eigenvalue weighted by Gasteiger charge is 2.15. The number of rotatable bonds is 6. The first-order valence-corrected chi connectivity index (χ1v) is 6.74. The van der Waals surface area contributed by atoms with Crippen molar-refractivity contribution in [2.45, 2.75) is 34.6 Å². The van der Waals surface area contributed by atoms with Gasteiger partial charge in [-0.25, -0.2) is 9.97 Å². The van der Waals surface area contributed by atoms with Gasteiger partial charge in [0.1, 0.15) is 11.5 Å². The standard InChI is InChI=1S/C14H25N5/c1-9(2)7-19(8-10(3)4)14-17-11(5)6-12(18-14)13(15)16/h6,9-10H,7-8H2,1-5H3,(H3,15,16). The van der Waals surface area contributed by atoms with Crippen molar-refractivity contribution in [3.63, 3.8) is 0 Å². The lowest BCUT2D eigenvalue weighted by molar-refractivity contribution is 0.543. The molecule has 106 valence electrons. The molecule has 0 saturated carbocycles. The molecular formula is C14H25N5. The zero-order valence-corrected chi connectivity index (χ0v) is 12.6. The Morgan fingerprint density at radius 3 is 2.16 bits per heavy atom. The van der Waals surface area contributed by atoms with Crippen LogP contribution in [0.4, 0.5) is 5.95 Å². The van der Waals surface area contributed by atoms with Crippen molar-refractivity contribution in [2.75, 3.05) is 18.0 Å². The van der Waals surface area contributed by atoms with Gasteiger partial charge in [0.2, 0.25) is 5.95 Å². The van der Waals surface area contributed by atoms with Crippen molar-refractivity contribution >= 4 is 11.8 Å². The van der Waals surface area contributed by atoms with Gasteiger partial charge in [0.05, 0.1) is 0 Å². The number of nitrogens with one attached hydrogen (secondary N) is 1. The minimum Gasteiger partial charge on any atom is -0.382 e. The number of nitrogen functional groups attached to an aromatic ring is 1. The molecule has 0 unspecified atom stereocenters. The molecule has 1 rings (SSSR count). The minimum atomic E-state index is -0.0132. The molecule has 0 aliphatic carbocycles. The fourth-order valence-corrected chi connectivity index (χ4v) is 1.95. The molecule has 0 radical (unpaired) electrons. The monoisotopic (exact) mass is 263 g/mol. The minimum absolute atomic E-state index is 0.0132. The molecule has 0 atom stereocenters. The lowest BCUT2D eigenvalue weighted by Gasteiger charge is -2.26. The number of amidine groups is 1. The summed E-state index contributed by atoms with van der Waals surface area (Å²) in [5.41, 5.74) is 6.87. The Morgan fingerprint density at radius 2 is 1.74 bits per heavy atom. The predicted molar refractivity (Wildman–Crippen MR) is 79.7 cm³/mol. The Hall–Kier alpha value is -1.65. The number of aryl methyl sites for hydroxylation is 1. The van der Waals surface area contributed by atoms with Crippen LogP contribution in [-0.4, -0.2) is 28.9 Å². The van der Waals surface area contributed by atoms with E-state index in [1.165, 1.54) is 0 Å². The predicted octanol–water partition coefficient (Wildman–Crippen LogP) is 2.19. The van der Waals surface area contributed by atoms with Crippen LogP contribution >= 0.6 is 0 Å². The third-order valence-electron chi connectivity index (χ3n) is 2.57. The second-order valence-corrected chi connectivity index (χ2v) is 5.80. The largest absolute Gasteiger partial charge is 0.382 e. The van der Waals surface area contributed by atoms with E-state index in [1.54, 1.807) is 6.07 Å². The normalized spacial score (nSPS) is 11.1. The molecule has 0 saturated heterocycles. The summed E-state index contributed by atoms with van der Waals surface area (Å²) in [6.45, 7) is 12.4. The van der Waals surface area contributed by atoms with Crippen molar-refractivity contribution in [3.05, 3.63) is 17.5 Å². The molecule has 1 aromatic rings. The van der Waals surface area contributed by atoms with E-state index in [2.05, 4.69) is 42.6 Å². The highest BCUT2D eigenvalue weighted by Crippen LogP contribution is 2.14. The summed E-state index contributed by atoms with van der Waals surface area (Å²) in [5, 5.41) is 7.52. The molecule has 0 fully saturated rings. The molecule has 0 amide bonds. The van der Waals surface area contributed by atoms with Gasteiger partial charge in [0.15, 0.2) is 0 Å². The summed E-state index contributed by atoms with van der Waals surface area (Å²) in [6, 6.07) is 1.74. The molecule has 5 nitrogen and oxygen atoms in total. The van der Waals surface area contributed by atoms with Gasteiger partial charge in [0, 0.05) is 18.8 Å². The molecule has 5 heteroatoms. The summed E-state index contributed by atoms with van der Waals surface area (Å²) in [5.74, 6) is 1.72. The maximum atomic E-state index is 7.52. The number of aromatic nitrogens is 2. The summed E-state index contributed by atoms with van der Waals surface area (Å²) in [6.07, 6.45) is 0. The quantitative estimate of drug-likeness (QED) is 0.609. The van der Waals surface area contributed by atoms with Gasteiger partial charge in [-0.05, 0) is 24.8 Å². The number of hydrogen-bond donors (Lipinski definition) is 2. The average Bonchev–Trinajstić information content (AvgIpc) is 2.25. The van der Waals surface area contributed by atoms with E-state index >= 15 is 0 Å². The zero-order valence-electron chi connectivity index (χ0n) is 12.6. The Kier molecular flexibility index (Phi) is 5.27. The second-order valence-electron chi connectivity index (χ2n) is 5.80. The van der Waals surface area contributed by atoms with Gasteiger partial charge >= 0.3 is 0 Å². The average molecular weight is 263 g/mol. The summed E-state index contributed by atoms with van der Waals surface area (Å²) >= 11 is 0. The van der Waals surface area contributed by atoms with Crippen LogP contribution in [0.3, 0.4) is 0 Å². The van der Waals surface area contributed by atoms with E-state index in [9.17, 15) is 0 Å². The van der Waals surface area contributed by atoms with E-state index in [0.717, 1.165) is 18.8 Å². The van der Waals surface area contributed by atoms with Gasteiger partial charge < -0.3 is 10.6 Å². The first-order valence-electron chi connectivity index (χ1n) is 6.74. The van der Waals surface area contributed by atoms with Crippen molar-refractivity contribution in [1.29, 1.82) is 5.41 Å². The first-order chi connectivity index (χ1) is 8.79. The van der Waals surface area contributed by atoms with Crippen LogP contribution in [0.25, 0.3) is 0 Å².